The van der Waals surface area contributed by atoms with Crippen LogP contribution in [0.2, 0.25) is 0 Å². The highest BCUT2D eigenvalue weighted by Crippen LogP contribution is 2.29. The standard InChI is InChI=1S/C11H17N5S/c1-4-16-9(5-6-13-16)10(15-12)11-7(2)14-8(3)17-11/h5-6,10,15H,4,12H2,1-3H3. The summed E-state index contributed by atoms with van der Waals surface area (Å²) in [4.78, 5) is 5.59. The first-order valence-corrected chi connectivity index (χ1v) is 6.40. The third-order valence-electron chi connectivity index (χ3n) is 2.71. The summed E-state index contributed by atoms with van der Waals surface area (Å²) < 4.78 is 1.94. The molecule has 92 valence electrons. The molecule has 0 aromatic carbocycles. The highest BCUT2D eigenvalue weighted by atomic mass is 32.1. The highest BCUT2D eigenvalue weighted by Gasteiger charge is 2.21. The Balaban J connectivity index is 2.43. The number of aryl methyl sites for hydroxylation is 3. The first kappa shape index (κ1) is 12.2. The second-order valence-electron chi connectivity index (χ2n) is 3.85. The van der Waals surface area contributed by atoms with Crippen LogP contribution in [0.1, 0.15) is 34.2 Å². The summed E-state index contributed by atoms with van der Waals surface area (Å²) in [6, 6.07) is 1.95. The van der Waals surface area contributed by atoms with E-state index in [0.717, 1.165) is 27.8 Å². The largest absolute Gasteiger partial charge is 0.270 e. The fraction of sp³-hybridized carbons (Fsp3) is 0.455. The van der Waals surface area contributed by atoms with E-state index in [1.165, 1.54) is 0 Å². The van der Waals surface area contributed by atoms with E-state index in [1.807, 2.05) is 24.6 Å². The SMILES string of the molecule is CCn1nccc1C(NN)c1sc(C)nc1C. The van der Waals surface area contributed by atoms with Gasteiger partial charge in [-0.2, -0.15) is 5.10 Å². The lowest BCUT2D eigenvalue weighted by Gasteiger charge is -2.16. The van der Waals surface area contributed by atoms with Crippen LogP contribution in [0.4, 0.5) is 0 Å². The van der Waals surface area contributed by atoms with Gasteiger partial charge in [-0.15, -0.1) is 11.3 Å². The number of nitrogens with one attached hydrogen (secondary N) is 1. The Hall–Kier alpha value is -1.24. The summed E-state index contributed by atoms with van der Waals surface area (Å²) in [5, 5.41) is 5.33. The number of rotatable bonds is 4. The smallest absolute Gasteiger partial charge is 0.0988 e. The van der Waals surface area contributed by atoms with Crippen LogP contribution in [0.3, 0.4) is 0 Å². The van der Waals surface area contributed by atoms with Crippen LogP contribution in [0.15, 0.2) is 12.3 Å². The number of nitrogens with two attached hydrogens (primary N) is 1. The van der Waals surface area contributed by atoms with Gasteiger partial charge < -0.3 is 0 Å². The van der Waals surface area contributed by atoms with Gasteiger partial charge in [-0.25, -0.2) is 10.4 Å². The molecule has 2 heterocycles. The molecule has 1 unspecified atom stereocenters. The van der Waals surface area contributed by atoms with Crippen LogP contribution in [-0.2, 0) is 6.54 Å². The van der Waals surface area contributed by atoms with Gasteiger partial charge in [-0.1, -0.05) is 0 Å². The first-order chi connectivity index (χ1) is 8.17. The second-order valence-corrected chi connectivity index (χ2v) is 5.09. The van der Waals surface area contributed by atoms with E-state index < -0.39 is 0 Å². The quantitative estimate of drug-likeness (QED) is 0.638. The maximum absolute atomic E-state index is 5.69. The minimum absolute atomic E-state index is 0.0383. The molecule has 0 fully saturated rings. The van der Waals surface area contributed by atoms with Crippen molar-refractivity contribution in [2.24, 2.45) is 5.84 Å². The minimum atomic E-state index is -0.0383. The van der Waals surface area contributed by atoms with Gasteiger partial charge in [0.25, 0.3) is 0 Å². The maximum Gasteiger partial charge on any atom is 0.0988 e. The van der Waals surface area contributed by atoms with Crippen LogP contribution in [0.25, 0.3) is 0 Å². The van der Waals surface area contributed by atoms with E-state index in [1.54, 1.807) is 17.5 Å². The molecule has 6 heteroatoms. The molecule has 0 aliphatic carbocycles. The van der Waals surface area contributed by atoms with Crippen LogP contribution >= 0.6 is 11.3 Å². The maximum atomic E-state index is 5.69. The molecule has 0 amide bonds. The van der Waals surface area contributed by atoms with Crippen LogP contribution in [0.5, 0.6) is 0 Å². The lowest BCUT2D eigenvalue weighted by Crippen LogP contribution is -2.30. The third-order valence-corrected chi connectivity index (χ3v) is 3.85. The van der Waals surface area contributed by atoms with Crippen molar-refractivity contribution in [3.63, 3.8) is 0 Å². The average molecular weight is 251 g/mol. The topological polar surface area (TPSA) is 68.8 Å². The number of aromatic nitrogens is 3. The molecular weight excluding hydrogens is 234 g/mol. The molecule has 0 radical (unpaired) electrons. The summed E-state index contributed by atoms with van der Waals surface area (Å²) in [7, 11) is 0. The Morgan fingerprint density at radius 2 is 2.29 bits per heavy atom. The Bertz CT molecular complexity index is 502. The first-order valence-electron chi connectivity index (χ1n) is 5.59. The molecule has 0 saturated heterocycles. The summed E-state index contributed by atoms with van der Waals surface area (Å²) in [6.45, 7) is 6.91. The minimum Gasteiger partial charge on any atom is -0.270 e. The van der Waals surface area contributed by atoms with Gasteiger partial charge in [-0.05, 0) is 26.8 Å². The van der Waals surface area contributed by atoms with E-state index in [-0.39, 0.29) is 6.04 Å². The summed E-state index contributed by atoms with van der Waals surface area (Å²) in [5.41, 5.74) is 4.96. The normalized spacial score (nSPS) is 12.9. The fourth-order valence-electron chi connectivity index (χ4n) is 1.96. The van der Waals surface area contributed by atoms with Gasteiger partial charge in [0.2, 0.25) is 0 Å². The summed E-state index contributed by atoms with van der Waals surface area (Å²) >= 11 is 1.67. The number of nitrogens with zero attached hydrogens (tertiary/aromatic N) is 3. The highest BCUT2D eigenvalue weighted by molar-refractivity contribution is 7.11. The van der Waals surface area contributed by atoms with Gasteiger partial charge >= 0.3 is 0 Å². The average Bonchev–Trinajstić information content (AvgIpc) is 2.88. The van der Waals surface area contributed by atoms with Crippen molar-refractivity contribution >= 4 is 11.3 Å². The fourth-order valence-corrected chi connectivity index (χ4v) is 2.96. The van der Waals surface area contributed by atoms with E-state index in [4.69, 9.17) is 5.84 Å². The van der Waals surface area contributed by atoms with E-state index in [9.17, 15) is 0 Å². The van der Waals surface area contributed by atoms with Crippen LogP contribution in [0, 0.1) is 13.8 Å². The molecule has 17 heavy (non-hydrogen) atoms. The predicted octanol–water partition coefficient (Wildman–Crippen LogP) is 1.53. The molecule has 0 saturated carbocycles. The van der Waals surface area contributed by atoms with Crippen molar-refractivity contribution in [3.05, 3.63) is 33.5 Å². The molecule has 2 rings (SSSR count). The molecule has 5 nitrogen and oxygen atoms in total. The van der Waals surface area contributed by atoms with E-state index >= 15 is 0 Å². The van der Waals surface area contributed by atoms with Crippen molar-refractivity contribution in [1.29, 1.82) is 0 Å². The predicted molar refractivity (Wildman–Crippen MR) is 68.7 cm³/mol. The van der Waals surface area contributed by atoms with Crippen molar-refractivity contribution < 1.29 is 0 Å². The van der Waals surface area contributed by atoms with Gasteiger partial charge in [0.05, 0.1) is 27.3 Å². The zero-order valence-electron chi connectivity index (χ0n) is 10.3. The molecule has 0 aliphatic rings. The molecule has 2 aromatic rings. The Morgan fingerprint density at radius 3 is 2.82 bits per heavy atom. The number of hydrogen-bond donors (Lipinski definition) is 2. The summed E-state index contributed by atoms with van der Waals surface area (Å²) in [6.07, 6.45) is 1.80. The zero-order valence-corrected chi connectivity index (χ0v) is 11.1. The Labute approximate surface area is 105 Å². The lowest BCUT2D eigenvalue weighted by atomic mass is 10.1. The van der Waals surface area contributed by atoms with Crippen LogP contribution < -0.4 is 11.3 Å². The zero-order chi connectivity index (χ0) is 12.4. The summed E-state index contributed by atoms with van der Waals surface area (Å²) in [5.74, 6) is 5.69. The van der Waals surface area contributed by atoms with Crippen molar-refractivity contribution in [2.45, 2.75) is 33.4 Å². The van der Waals surface area contributed by atoms with Gasteiger partial charge in [-0.3, -0.25) is 10.5 Å². The molecule has 1 atom stereocenters. The lowest BCUT2D eigenvalue weighted by molar-refractivity contribution is 0.546. The molecule has 0 spiro atoms. The van der Waals surface area contributed by atoms with Crippen molar-refractivity contribution in [2.75, 3.05) is 0 Å². The van der Waals surface area contributed by atoms with Crippen LogP contribution in [-0.4, -0.2) is 14.8 Å². The van der Waals surface area contributed by atoms with E-state index in [0.29, 0.717) is 0 Å². The van der Waals surface area contributed by atoms with Gasteiger partial charge in [0, 0.05) is 12.7 Å². The number of hydrazine groups is 1. The van der Waals surface area contributed by atoms with Crippen molar-refractivity contribution in [3.8, 4) is 0 Å². The number of thiazole rings is 1. The third kappa shape index (κ3) is 2.24. The monoisotopic (exact) mass is 251 g/mol. The van der Waals surface area contributed by atoms with Gasteiger partial charge in [0.15, 0.2) is 0 Å². The number of hydrogen-bond acceptors (Lipinski definition) is 5. The second kappa shape index (κ2) is 4.95. The molecular formula is C11H17N5S. The molecule has 0 aliphatic heterocycles. The van der Waals surface area contributed by atoms with Gasteiger partial charge in [0.1, 0.15) is 0 Å². The Kier molecular flexibility index (Phi) is 3.56. The molecule has 3 N–H and O–H groups in total. The van der Waals surface area contributed by atoms with Crippen molar-refractivity contribution in [1.82, 2.24) is 20.2 Å². The van der Waals surface area contributed by atoms with E-state index in [2.05, 4.69) is 22.4 Å². The molecule has 2 aromatic heterocycles. The Morgan fingerprint density at radius 1 is 1.53 bits per heavy atom. The molecule has 0 bridgehead atoms.